The molecule has 11 aromatic rings. The maximum atomic E-state index is 6.52. The van der Waals surface area contributed by atoms with Gasteiger partial charge in [0.1, 0.15) is 11.2 Å². The second kappa shape index (κ2) is 12.2. The fourth-order valence-electron chi connectivity index (χ4n) is 8.33. The van der Waals surface area contributed by atoms with Crippen LogP contribution in [0, 0.1) is 0 Å². The molecule has 0 aliphatic carbocycles. The molecule has 0 N–H and O–H groups in total. The van der Waals surface area contributed by atoms with Crippen molar-refractivity contribution in [1.82, 2.24) is 0 Å². The molecular formula is C52H33NO. The van der Waals surface area contributed by atoms with E-state index in [2.05, 4.69) is 199 Å². The van der Waals surface area contributed by atoms with E-state index in [4.69, 9.17) is 4.42 Å². The normalized spacial score (nSPS) is 11.7. The van der Waals surface area contributed by atoms with Crippen molar-refractivity contribution in [3.63, 3.8) is 0 Å². The lowest BCUT2D eigenvalue weighted by atomic mass is 9.93. The molecule has 0 atom stereocenters. The number of nitrogens with zero attached hydrogens (tertiary/aromatic N) is 1. The first kappa shape index (κ1) is 30.5. The maximum Gasteiger partial charge on any atom is 0.143 e. The quantitative estimate of drug-likeness (QED) is 0.168. The number of para-hydroxylation sites is 1. The second-order valence-corrected chi connectivity index (χ2v) is 14.1. The number of benzene rings is 10. The van der Waals surface area contributed by atoms with Gasteiger partial charge in [-0.2, -0.15) is 0 Å². The standard InChI is InChI=1S/C52H33NO/c1-2-10-38-31-39(18-17-34(38)9-1)35-19-25-41(26-20-35)53(43-29-23-37-24-30-48-47-15-7-8-16-51(47)54-52(48)50(37)33-43)42-27-21-36(22-28-42)49-32-40-11-3-4-12-44(40)45-13-5-6-14-46(45)49/h1-33H. The molecular weight excluding hydrogens is 655 g/mol. The maximum absolute atomic E-state index is 6.52. The highest BCUT2D eigenvalue weighted by Crippen LogP contribution is 2.42. The van der Waals surface area contributed by atoms with Crippen molar-refractivity contribution in [1.29, 1.82) is 0 Å². The average Bonchev–Trinajstić information content (AvgIpc) is 3.63. The summed E-state index contributed by atoms with van der Waals surface area (Å²) in [7, 11) is 0. The summed E-state index contributed by atoms with van der Waals surface area (Å²) in [4.78, 5) is 2.35. The molecule has 0 spiro atoms. The van der Waals surface area contributed by atoms with Crippen LogP contribution in [0.5, 0.6) is 0 Å². The first-order valence-corrected chi connectivity index (χ1v) is 18.5. The SMILES string of the molecule is c1ccc2cc(-c3ccc(N(c4ccc(-c5cc6ccccc6c6ccccc56)cc4)c4ccc5ccc6c7ccccc7oc6c5c4)cc3)ccc2c1. The largest absolute Gasteiger partial charge is 0.455 e. The zero-order chi connectivity index (χ0) is 35.6. The number of furan rings is 1. The van der Waals surface area contributed by atoms with Crippen LogP contribution in [0.3, 0.4) is 0 Å². The van der Waals surface area contributed by atoms with E-state index in [1.54, 1.807) is 0 Å². The summed E-state index contributed by atoms with van der Waals surface area (Å²) in [5.41, 5.74) is 9.87. The Balaban J connectivity index is 1.06. The van der Waals surface area contributed by atoms with Gasteiger partial charge in [0.25, 0.3) is 0 Å². The van der Waals surface area contributed by atoms with Crippen LogP contribution in [0.1, 0.15) is 0 Å². The van der Waals surface area contributed by atoms with Crippen LogP contribution in [-0.2, 0) is 0 Å². The van der Waals surface area contributed by atoms with Crippen molar-refractivity contribution in [3.8, 4) is 22.3 Å². The Bertz CT molecular complexity index is 3210. The van der Waals surface area contributed by atoms with Crippen LogP contribution in [0.2, 0.25) is 0 Å². The Morgan fingerprint density at radius 2 is 0.870 bits per heavy atom. The zero-order valence-electron chi connectivity index (χ0n) is 29.4. The van der Waals surface area contributed by atoms with Gasteiger partial charge in [-0.15, -0.1) is 0 Å². The summed E-state index contributed by atoms with van der Waals surface area (Å²) in [5, 5.41) is 12.1. The lowest BCUT2D eigenvalue weighted by Gasteiger charge is -2.26. The van der Waals surface area contributed by atoms with Gasteiger partial charge in [0.2, 0.25) is 0 Å². The molecule has 1 aromatic heterocycles. The molecule has 2 heteroatoms. The highest BCUT2D eigenvalue weighted by molar-refractivity contribution is 6.16. The van der Waals surface area contributed by atoms with Crippen LogP contribution < -0.4 is 4.90 Å². The molecule has 10 aromatic carbocycles. The molecule has 0 aliphatic heterocycles. The number of rotatable bonds is 5. The van der Waals surface area contributed by atoms with Gasteiger partial charge in [-0.05, 0) is 121 Å². The first-order chi connectivity index (χ1) is 26.7. The number of fused-ring (bicyclic) bond motifs is 9. The highest BCUT2D eigenvalue weighted by atomic mass is 16.3. The molecule has 1 heterocycles. The molecule has 2 nitrogen and oxygen atoms in total. The van der Waals surface area contributed by atoms with Crippen LogP contribution in [0.4, 0.5) is 17.1 Å². The van der Waals surface area contributed by atoms with Gasteiger partial charge in [0, 0.05) is 33.2 Å². The smallest absolute Gasteiger partial charge is 0.143 e. The monoisotopic (exact) mass is 687 g/mol. The molecule has 0 radical (unpaired) electrons. The van der Waals surface area contributed by atoms with Gasteiger partial charge in [-0.3, -0.25) is 0 Å². The lowest BCUT2D eigenvalue weighted by Crippen LogP contribution is -2.09. The van der Waals surface area contributed by atoms with Crippen LogP contribution >= 0.6 is 0 Å². The fraction of sp³-hybridized carbons (Fsp3) is 0. The molecule has 0 aliphatic rings. The van der Waals surface area contributed by atoms with Gasteiger partial charge >= 0.3 is 0 Å². The molecule has 0 unspecified atom stereocenters. The third-order valence-electron chi connectivity index (χ3n) is 11.0. The minimum absolute atomic E-state index is 0.906. The predicted molar refractivity (Wildman–Crippen MR) is 229 cm³/mol. The van der Waals surface area contributed by atoms with Crippen LogP contribution in [-0.4, -0.2) is 0 Å². The summed E-state index contributed by atoms with van der Waals surface area (Å²) in [5.74, 6) is 0. The predicted octanol–water partition coefficient (Wildman–Crippen LogP) is 15.0. The molecule has 0 saturated heterocycles. The Kier molecular flexibility index (Phi) is 6.90. The first-order valence-electron chi connectivity index (χ1n) is 18.5. The van der Waals surface area contributed by atoms with Gasteiger partial charge in [0.15, 0.2) is 0 Å². The lowest BCUT2D eigenvalue weighted by molar-refractivity contribution is 0.672. The van der Waals surface area contributed by atoms with E-state index in [-0.39, 0.29) is 0 Å². The van der Waals surface area contributed by atoms with Gasteiger partial charge in [0.05, 0.1) is 0 Å². The second-order valence-electron chi connectivity index (χ2n) is 14.1. The topological polar surface area (TPSA) is 16.4 Å². The Morgan fingerprint density at radius 1 is 0.296 bits per heavy atom. The average molecular weight is 688 g/mol. The van der Waals surface area contributed by atoms with Crippen LogP contribution in [0.15, 0.2) is 205 Å². The fourth-order valence-corrected chi connectivity index (χ4v) is 8.33. The van der Waals surface area contributed by atoms with Gasteiger partial charge in [-0.1, -0.05) is 140 Å². The number of hydrogen-bond acceptors (Lipinski definition) is 2. The minimum atomic E-state index is 0.906. The Labute approximate surface area is 312 Å². The number of hydrogen-bond donors (Lipinski definition) is 0. The van der Waals surface area contributed by atoms with Crippen molar-refractivity contribution in [3.05, 3.63) is 200 Å². The molecule has 252 valence electrons. The van der Waals surface area contributed by atoms with Crippen molar-refractivity contribution < 1.29 is 4.42 Å². The van der Waals surface area contributed by atoms with E-state index in [1.165, 1.54) is 54.6 Å². The van der Waals surface area contributed by atoms with Gasteiger partial charge < -0.3 is 9.32 Å². The third-order valence-corrected chi connectivity index (χ3v) is 11.0. The Hall–Kier alpha value is -7.16. The summed E-state index contributed by atoms with van der Waals surface area (Å²) < 4.78 is 6.52. The zero-order valence-corrected chi connectivity index (χ0v) is 29.4. The van der Waals surface area contributed by atoms with Crippen molar-refractivity contribution in [2.45, 2.75) is 0 Å². The molecule has 0 amide bonds. The minimum Gasteiger partial charge on any atom is -0.455 e. The molecule has 0 saturated carbocycles. The van der Waals surface area contributed by atoms with E-state index < -0.39 is 0 Å². The van der Waals surface area contributed by atoms with Gasteiger partial charge in [-0.25, -0.2) is 0 Å². The molecule has 11 rings (SSSR count). The van der Waals surface area contributed by atoms with E-state index in [0.717, 1.165) is 49.8 Å². The van der Waals surface area contributed by atoms with E-state index >= 15 is 0 Å². The molecule has 0 fully saturated rings. The van der Waals surface area contributed by atoms with E-state index in [9.17, 15) is 0 Å². The van der Waals surface area contributed by atoms with Crippen molar-refractivity contribution in [2.24, 2.45) is 0 Å². The summed E-state index contributed by atoms with van der Waals surface area (Å²) >= 11 is 0. The number of anilines is 3. The summed E-state index contributed by atoms with van der Waals surface area (Å²) in [6, 6.07) is 72.4. The summed E-state index contributed by atoms with van der Waals surface area (Å²) in [6.07, 6.45) is 0. The molecule has 54 heavy (non-hydrogen) atoms. The molecule has 0 bridgehead atoms. The third kappa shape index (κ3) is 4.96. The van der Waals surface area contributed by atoms with Crippen molar-refractivity contribution >= 4 is 82.1 Å². The summed E-state index contributed by atoms with van der Waals surface area (Å²) in [6.45, 7) is 0. The van der Waals surface area contributed by atoms with Crippen molar-refractivity contribution in [2.75, 3.05) is 4.90 Å². The Morgan fingerprint density at radius 3 is 1.67 bits per heavy atom. The van der Waals surface area contributed by atoms with Crippen LogP contribution in [0.25, 0.3) is 87.3 Å². The highest BCUT2D eigenvalue weighted by Gasteiger charge is 2.17. The van der Waals surface area contributed by atoms with E-state index in [1.807, 2.05) is 6.07 Å². The van der Waals surface area contributed by atoms with E-state index in [0.29, 0.717) is 0 Å².